The Morgan fingerprint density at radius 3 is 1.68 bits per heavy atom. The van der Waals surface area contributed by atoms with Crippen LogP contribution in [0.25, 0.3) is 87.7 Å². The molecular formula is C55H39N3S. The highest BCUT2D eigenvalue weighted by Gasteiger charge is 2.22. The molecule has 280 valence electrons. The maximum absolute atomic E-state index is 5.08. The van der Waals surface area contributed by atoms with Gasteiger partial charge < -0.3 is 0 Å². The van der Waals surface area contributed by atoms with Crippen LogP contribution < -0.4 is 0 Å². The number of aromatic nitrogens is 3. The average molecular weight is 774 g/mol. The molecule has 0 N–H and O–H groups in total. The molecule has 1 unspecified atom stereocenters. The van der Waals surface area contributed by atoms with Gasteiger partial charge in [-0.1, -0.05) is 176 Å². The molecule has 8 aromatic carbocycles. The van der Waals surface area contributed by atoms with Crippen molar-refractivity contribution in [3.05, 3.63) is 211 Å². The van der Waals surface area contributed by atoms with Crippen LogP contribution in [-0.4, -0.2) is 15.0 Å². The van der Waals surface area contributed by atoms with Crippen LogP contribution in [-0.2, 0) is 12.8 Å². The fourth-order valence-electron chi connectivity index (χ4n) is 8.85. The van der Waals surface area contributed by atoms with Gasteiger partial charge >= 0.3 is 0 Å². The van der Waals surface area contributed by atoms with Crippen molar-refractivity contribution < 1.29 is 0 Å². The highest BCUT2D eigenvalue weighted by molar-refractivity contribution is 7.26. The topological polar surface area (TPSA) is 38.7 Å². The van der Waals surface area contributed by atoms with E-state index < -0.39 is 0 Å². The Bertz CT molecular complexity index is 3060. The largest absolute Gasteiger partial charge is 0.208 e. The second-order valence-corrected chi connectivity index (χ2v) is 16.5. The molecule has 0 saturated carbocycles. The summed E-state index contributed by atoms with van der Waals surface area (Å²) in [5.74, 6) is 2.47. The van der Waals surface area contributed by atoms with Crippen molar-refractivity contribution in [3.8, 4) is 67.5 Å². The van der Waals surface area contributed by atoms with Crippen LogP contribution in [0.4, 0.5) is 0 Å². The molecule has 0 spiro atoms. The first kappa shape index (κ1) is 35.2. The molecule has 0 saturated heterocycles. The molecule has 10 aromatic rings. The molecule has 0 aliphatic heterocycles. The Morgan fingerprint density at radius 2 is 0.949 bits per heavy atom. The van der Waals surface area contributed by atoms with E-state index in [2.05, 4.69) is 158 Å². The minimum atomic E-state index is 0.442. The van der Waals surface area contributed by atoms with Crippen molar-refractivity contribution in [1.82, 2.24) is 15.0 Å². The number of nitrogens with zero attached hydrogens (tertiary/aromatic N) is 3. The van der Waals surface area contributed by atoms with Crippen molar-refractivity contribution in [1.29, 1.82) is 0 Å². The zero-order valence-electron chi connectivity index (χ0n) is 32.4. The number of benzene rings is 8. The predicted octanol–water partition coefficient (Wildman–Crippen LogP) is 14.5. The van der Waals surface area contributed by atoms with E-state index in [0.717, 1.165) is 36.0 Å². The number of hydrogen-bond donors (Lipinski definition) is 0. The van der Waals surface area contributed by atoms with Crippen molar-refractivity contribution in [2.45, 2.75) is 25.2 Å². The number of hydrogen-bond acceptors (Lipinski definition) is 4. The second kappa shape index (κ2) is 15.1. The van der Waals surface area contributed by atoms with Crippen LogP contribution in [0.3, 0.4) is 0 Å². The third kappa shape index (κ3) is 6.72. The van der Waals surface area contributed by atoms with Crippen molar-refractivity contribution >= 4 is 31.5 Å². The number of thiophene rings is 1. The molecule has 1 atom stereocenters. The molecular weight excluding hydrogens is 735 g/mol. The fourth-order valence-corrected chi connectivity index (χ4v) is 10.0. The Balaban J connectivity index is 0.959. The summed E-state index contributed by atoms with van der Waals surface area (Å²) in [5, 5.41) is 2.47. The van der Waals surface area contributed by atoms with Crippen LogP contribution in [0.1, 0.15) is 29.0 Å². The first-order chi connectivity index (χ1) is 29.2. The van der Waals surface area contributed by atoms with Gasteiger partial charge in [0, 0.05) is 36.9 Å². The smallest absolute Gasteiger partial charge is 0.165 e. The molecule has 59 heavy (non-hydrogen) atoms. The lowest BCUT2D eigenvalue weighted by molar-refractivity contribution is 0.618. The minimum absolute atomic E-state index is 0.442. The quantitative estimate of drug-likeness (QED) is 0.169. The van der Waals surface area contributed by atoms with E-state index in [1.165, 1.54) is 70.2 Å². The van der Waals surface area contributed by atoms with Crippen molar-refractivity contribution in [3.63, 3.8) is 0 Å². The minimum Gasteiger partial charge on any atom is -0.208 e. The van der Waals surface area contributed by atoms with Crippen LogP contribution in [0.5, 0.6) is 0 Å². The zero-order valence-corrected chi connectivity index (χ0v) is 33.2. The monoisotopic (exact) mass is 773 g/mol. The van der Waals surface area contributed by atoms with Gasteiger partial charge in [-0.25, -0.2) is 15.0 Å². The summed E-state index contributed by atoms with van der Waals surface area (Å²) in [7, 11) is 0. The highest BCUT2D eigenvalue weighted by atomic mass is 32.1. The summed E-state index contributed by atoms with van der Waals surface area (Å²) in [4.78, 5) is 15.1. The summed E-state index contributed by atoms with van der Waals surface area (Å²) >= 11 is 1.81. The summed E-state index contributed by atoms with van der Waals surface area (Å²) in [5.41, 5.74) is 14.9. The van der Waals surface area contributed by atoms with E-state index in [-0.39, 0.29) is 0 Å². The fraction of sp³-hybridized carbons (Fsp3) is 0.0727. The highest BCUT2D eigenvalue weighted by Crippen LogP contribution is 2.43. The molecule has 1 aliphatic rings. The van der Waals surface area contributed by atoms with Crippen molar-refractivity contribution in [2.75, 3.05) is 0 Å². The van der Waals surface area contributed by atoms with Crippen LogP contribution in [0, 0.1) is 0 Å². The first-order valence-corrected chi connectivity index (χ1v) is 21.2. The molecule has 2 heterocycles. The van der Waals surface area contributed by atoms with Gasteiger partial charge in [0.05, 0.1) is 0 Å². The molecule has 0 radical (unpaired) electrons. The number of rotatable bonds is 6. The van der Waals surface area contributed by atoms with Gasteiger partial charge in [-0.05, 0) is 93.5 Å². The van der Waals surface area contributed by atoms with E-state index in [1.807, 2.05) is 47.7 Å². The molecule has 0 bridgehead atoms. The SMILES string of the molecule is c1ccc(-c2ccc(C3CCc4cc(-c5ccc6sc7c(-c8nc(-c9ccccc9)nc(-c9ccccc9)n8)cccc7c6c5)ccc4-c4ccccc4C3)cc2)cc1. The maximum Gasteiger partial charge on any atom is 0.165 e. The predicted molar refractivity (Wildman–Crippen MR) is 247 cm³/mol. The third-order valence-corrected chi connectivity index (χ3v) is 13.1. The second-order valence-electron chi connectivity index (χ2n) is 15.5. The molecule has 3 nitrogen and oxygen atoms in total. The first-order valence-electron chi connectivity index (χ1n) is 20.4. The number of fused-ring (bicyclic) bond motifs is 6. The van der Waals surface area contributed by atoms with E-state index >= 15 is 0 Å². The average Bonchev–Trinajstić information content (AvgIpc) is 3.69. The van der Waals surface area contributed by atoms with Gasteiger partial charge in [-0.2, -0.15) is 0 Å². The lowest BCUT2D eigenvalue weighted by Crippen LogP contribution is -2.10. The molecule has 2 aromatic heterocycles. The normalized spacial score (nSPS) is 13.7. The van der Waals surface area contributed by atoms with Gasteiger partial charge in [0.25, 0.3) is 0 Å². The van der Waals surface area contributed by atoms with E-state index in [0.29, 0.717) is 23.4 Å². The summed E-state index contributed by atoms with van der Waals surface area (Å²) in [6.45, 7) is 0. The van der Waals surface area contributed by atoms with Gasteiger partial charge in [0.2, 0.25) is 0 Å². The Hall–Kier alpha value is -7.01. The van der Waals surface area contributed by atoms with E-state index in [4.69, 9.17) is 15.0 Å². The molecule has 0 fully saturated rings. The van der Waals surface area contributed by atoms with Gasteiger partial charge in [0.15, 0.2) is 17.5 Å². The zero-order chi connectivity index (χ0) is 39.1. The van der Waals surface area contributed by atoms with E-state index in [1.54, 1.807) is 0 Å². The Labute approximate surface area is 348 Å². The van der Waals surface area contributed by atoms with E-state index in [9.17, 15) is 0 Å². The molecule has 4 heteroatoms. The van der Waals surface area contributed by atoms with Gasteiger partial charge in [-0.3, -0.25) is 0 Å². The van der Waals surface area contributed by atoms with Gasteiger partial charge in [0.1, 0.15) is 0 Å². The lowest BCUT2D eigenvalue weighted by Gasteiger charge is -2.25. The molecule has 1 aliphatic carbocycles. The molecule has 11 rings (SSSR count). The summed E-state index contributed by atoms with van der Waals surface area (Å²) < 4.78 is 2.43. The lowest BCUT2D eigenvalue weighted by atomic mass is 9.79. The summed E-state index contributed by atoms with van der Waals surface area (Å²) in [6.07, 6.45) is 3.16. The van der Waals surface area contributed by atoms with Gasteiger partial charge in [-0.15, -0.1) is 11.3 Å². The van der Waals surface area contributed by atoms with Crippen LogP contribution >= 0.6 is 11.3 Å². The Kier molecular flexibility index (Phi) is 8.98. The third-order valence-electron chi connectivity index (χ3n) is 11.9. The number of aryl methyl sites for hydroxylation is 1. The Morgan fingerprint density at radius 1 is 0.390 bits per heavy atom. The summed E-state index contributed by atoms with van der Waals surface area (Å²) in [6, 6.07) is 70.0. The van der Waals surface area contributed by atoms with Crippen molar-refractivity contribution in [2.24, 2.45) is 0 Å². The molecule has 0 amide bonds. The maximum atomic E-state index is 5.08. The standard InChI is InChI=1S/C55H39N3S/c1-4-13-36(14-5-1)37-23-25-38(26-24-37)41-27-28-45-34-42(29-31-47(45)46-20-11-10-19-44(46)33-41)43-30-32-51-50(35-43)48-21-12-22-49(52(48)59-51)55-57-53(39-15-6-2-7-16-39)56-54(58-55)40-17-8-3-9-18-40/h1-26,29-32,34-35,41H,27-28,33H2. The van der Waals surface area contributed by atoms with Crippen LogP contribution in [0.2, 0.25) is 0 Å². The van der Waals surface area contributed by atoms with Crippen LogP contribution in [0.15, 0.2) is 194 Å².